The average molecular weight is 466 g/mol. The van der Waals surface area contributed by atoms with E-state index in [9.17, 15) is 4.79 Å². The van der Waals surface area contributed by atoms with Crippen molar-refractivity contribution in [3.05, 3.63) is 53.6 Å². The summed E-state index contributed by atoms with van der Waals surface area (Å²) in [6.07, 6.45) is 2.87. The van der Waals surface area contributed by atoms with Gasteiger partial charge in [0.1, 0.15) is 17.2 Å². The molecule has 34 heavy (non-hydrogen) atoms. The molecule has 0 radical (unpaired) electrons. The zero-order valence-electron chi connectivity index (χ0n) is 20.6. The van der Waals surface area contributed by atoms with Gasteiger partial charge in [0, 0.05) is 18.1 Å². The van der Waals surface area contributed by atoms with Gasteiger partial charge in [-0.2, -0.15) is 5.10 Å². The van der Waals surface area contributed by atoms with E-state index in [1.165, 1.54) is 0 Å². The van der Waals surface area contributed by atoms with E-state index < -0.39 is 0 Å². The minimum Gasteiger partial charge on any atom is -0.497 e. The van der Waals surface area contributed by atoms with Crippen LogP contribution in [-0.2, 0) is 4.79 Å². The number of likely N-dealkylation sites (tertiary alicyclic amines) is 1. The Bertz CT molecular complexity index is 1010. The van der Waals surface area contributed by atoms with E-state index in [2.05, 4.69) is 11.8 Å². The van der Waals surface area contributed by atoms with E-state index in [1.54, 1.807) is 19.2 Å². The van der Waals surface area contributed by atoms with Crippen LogP contribution in [0.2, 0.25) is 0 Å². The van der Waals surface area contributed by atoms with Crippen LogP contribution in [0.15, 0.2) is 47.6 Å². The fourth-order valence-corrected chi connectivity index (χ4v) is 4.64. The predicted octanol–water partition coefficient (Wildman–Crippen LogP) is 4.51. The standard InChI is InChI=1S/C27H35N3O4/c1-5-34-21-8-6-20(7-9-21)25-17-24(23-11-10-22(32-3)16-26(23)33-4)28-30(25)27(31)18-29-14-12-19(2)13-15-29/h6-11,16,19,25H,5,12-15,17-18H2,1-4H3/t25-/m1/s1. The lowest BCUT2D eigenvalue weighted by molar-refractivity contribution is -0.134. The third-order valence-electron chi connectivity index (χ3n) is 6.70. The van der Waals surface area contributed by atoms with Gasteiger partial charge in [0.25, 0.3) is 5.91 Å². The number of carbonyl (C=O) groups is 1. The van der Waals surface area contributed by atoms with Gasteiger partial charge in [-0.25, -0.2) is 5.01 Å². The molecule has 0 bridgehead atoms. The molecule has 7 nitrogen and oxygen atoms in total. The van der Waals surface area contributed by atoms with Crippen molar-refractivity contribution in [2.45, 2.75) is 39.2 Å². The second-order valence-electron chi connectivity index (χ2n) is 9.03. The first kappa shape index (κ1) is 24.1. The first-order chi connectivity index (χ1) is 16.5. The van der Waals surface area contributed by atoms with Crippen LogP contribution in [0.1, 0.15) is 50.3 Å². The average Bonchev–Trinajstić information content (AvgIpc) is 3.31. The molecule has 0 spiro atoms. The number of benzene rings is 2. The van der Waals surface area contributed by atoms with E-state index in [4.69, 9.17) is 19.3 Å². The number of hydrazone groups is 1. The van der Waals surface area contributed by atoms with E-state index in [0.29, 0.717) is 25.3 Å². The minimum absolute atomic E-state index is 0.0240. The third kappa shape index (κ3) is 5.36. The van der Waals surface area contributed by atoms with Crippen LogP contribution in [-0.4, -0.2) is 62.0 Å². The number of piperidine rings is 1. The summed E-state index contributed by atoms with van der Waals surface area (Å²) in [7, 11) is 3.27. The smallest absolute Gasteiger partial charge is 0.257 e. The molecule has 2 heterocycles. The van der Waals surface area contributed by atoms with Gasteiger partial charge >= 0.3 is 0 Å². The molecule has 1 saturated heterocycles. The Morgan fingerprint density at radius 1 is 1.03 bits per heavy atom. The molecular formula is C27H35N3O4. The van der Waals surface area contributed by atoms with Gasteiger partial charge in [0.05, 0.1) is 39.1 Å². The van der Waals surface area contributed by atoms with Crippen LogP contribution in [0, 0.1) is 5.92 Å². The van der Waals surface area contributed by atoms with Gasteiger partial charge in [0.15, 0.2) is 0 Å². The van der Waals surface area contributed by atoms with Gasteiger partial charge < -0.3 is 14.2 Å². The number of ether oxygens (including phenoxy) is 3. The van der Waals surface area contributed by atoms with Crippen molar-refractivity contribution >= 4 is 11.6 Å². The fraction of sp³-hybridized carbons (Fsp3) is 0.481. The van der Waals surface area contributed by atoms with Gasteiger partial charge in [-0.05, 0) is 68.6 Å². The molecule has 0 aliphatic carbocycles. The molecule has 0 saturated carbocycles. The summed E-state index contributed by atoms with van der Waals surface area (Å²) >= 11 is 0. The SMILES string of the molecule is CCOc1ccc([C@H]2CC(c3ccc(OC)cc3OC)=NN2C(=O)CN2CCC(C)CC2)cc1. The molecule has 0 unspecified atom stereocenters. The second-order valence-corrected chi connectivity index (χ2v) is 9.03. The highest BCUT2D eigenvalue weighted by Crippen LogP contribution is 2.37. The maximum atomic E-state index is 13.5. The van der Waals surface area contributed by atoms with E-state index >= 15 is 0 Å². The zero-order chi connectivity index (χ0) is 24.1. The molecule has 2 aromatic carbocycles. The molecule has 4 rings (SSSR count). The molecule has 0 aromatic heterocycles. The topological polar surface area (TPSA) is 63.6 Å². The van der Waals surface area contributed by atoms with Crippen LogP contribution >= 0.6 is 0 Å². The van der Waals surface area contributed by atoms with Gasteiger partial charge in [-0.15, -0.1) is 0 Å². The van der Waals surface area contributed by atoms with Crippen molar-refractivity contribution in [3.8, 4) is 17.2 Å². The molecule has 2 aliphatic rings. The normalized spacial score (nSPS) is 19.1. The number of hydrogen-bond acceptors (Lipinski definition) is 6. The van der Waals surface area contributed by atoms with Crippen molar-refractivity contribution < 1.29 is 19.0 Å². The molecule has 1 fully saturated rings. The summed E-state index contributed by atoms with van der Waals surface area (Å²) in [5.74, 6) is 2.97. The Balaban J connectivity index is 1.61. The zero-order valence-corrected chi connectivity index (χ0v) is 20.6. The lowest BCUT2D eigenvalue weighted by Gasteiger charge is -2.31. The van der Waals surface area contributed by atoms with Gasteiger partial charge in [0.2, 0.25) is 0 Å². The van der Waals surface area contributed by atoms with Crippen LogP contribution in [0.5, 0.6) is 17.2 Å². The summed E-state index contributed by atoms with van der Waals surface area (Å²) in [6.45, 7) is 7.16. The first-order valence-electron chi connectivity index (χ1n) is 12.1. The lowest BCUT2D eigenvalue weighted by Crippen LogP contribution is -2.41. The first-order valence-corrected chi connectivity index (χ1v) is 12.1. The lowest BCUT2D eigenvalue weighted by atomic mass is 9.97. The molecule has 1 amide bonds. The summed E-state index contributed by atoms with van der Waals surface area (Å²) in [5, 5.41) is 6.51. The summed E-state index contributed by atoms with van der Waals surface area (Å²) in [5.41, 5.74) is 2.75. The van der Waals surface area contributed by atoms with Gasteiger partial charge in [-0.3, -0.25) is 9.69 Å². The summed E-state index contributed by atoms with van der Waals surface area (Å²) in [6, 6.07) is 13.5. The highest BCUT2D eigenvalue weighted by atomic mass is 16.5. The van der Waals surface area contributed by atoms with E-state index in [-0.39, 0.29) is 11.9 Å². The Kier molecular flexibility index (Phi) is 7.73. The molecule has 2 aromatic rings. The number of hydrogen-bond donors (Lipinski definition) is 0. The quantitative estimate of drug-likeness (QED) is 0.574. The van der Waals surface area contributed by atoms with E-state index in [1.807, 2.05) is 49.4 Å². The molecule has 0 N–H and O–H groups in total. The largest absolute Gasteiger partial charge is 0.497 e. The van der Waals surface area contributed by atoms with Crippen molar-refractivity contribution in [1.29, 1.82) is 0 Å². The van der Waals surface area contributed by atoms with Crippen molar-refractivity contribution in [1.82, 2.24) is 9.91 Å². The highest BCUT2D eigenvalue weighted by Gasteiger charge is 2.35. The number of nitrogens with zero attached hydrogens (tertiary/aromatic N) is 3. The Morgan fingerprint density at radius 2 is 1.74 bits per heavy atom. The third-order valence-corrected chi connectivity index (χ3v) is 6.70. The maximum absolute atomic E-state index is 13.5. The molecule has 1 atom stereocenters. The molecule has 182 valence electrons. The van der Waals surface area contributed by atoms with Crippen LogP contribution in [0.25, 0.3) is 0 Å². The second kappa shape index (κ2) is 10.9. The predicted molar refractivity (Wildman–Crippen MR) is 133 cm³/mol. The highest BCUT2D eigenvalue weighted by molar-refractivity contribution is 6.05. The maximum Gasteiger partial charge on any atom is 0.257 e. The molecular weight excluding hydrogens is 430 g/mol. The van der Waals surface area contributed by atoms with Crippen LogP contribution < -0.4 is 14.2 Å². The van der Waals surface area contributed by atoms with Crippen LogP contribution in [0.3, 0.4) is 0 Å². The van der Waals surface area contributed by atoms with Crippen LogP contribution in [0.4, 0.5) is 0 Å². The van der Waals surface area contributed by atoms with Gasteiger partial charge in [-0.1, -0.05) is 19.1 Å². The van der Waals surface area contributed by atoms with E-state index in [0.717, 1.165) is 60.2 Å². The number of carbonyl (C=O) groups excluding carboxylic acids is 1. The van der Waals surface area contributed by atoms with Crippen molar-refractivity contribution in [3.63, 3.8) is 0 Å². The van der Waals surface area contributed by atoms with Crippen molar-refractivity contribution in [2.75, 3.05) is 40.5 Å². The Hall–Kier alpha value is -3.06. The Morgan fingerprint density at radius 3 is 2.38 bits per heavy atom. The van der Waals surface area contributed by atoms with Crippen molar-refractivity contribution in [2.24, 2.45) is 11.0 Å². The minimum atomic E-state index is -0.173. The Labute approximate surface area is 202 Å². The number of amides is 1. The monoisotopic (exact) mass is 465 g/mol. The number of methoxy groups -OCH3 is 2. The fourth-order valence-electron chi connectivity index (χ4n) is 4.64. The number of rotatable bonds is 8. The summed E-state index contributed by atoms with van der Waals surface area (Å²) < 4.78 is 16.6. The summed E-state index contributed by atoms with van der Waals surface area (Å²) in [4.78, 5) is 15.7. The molecule has 7 heteroatoms. The molecule has 2 aliphatic heterocycles.